The quantitative estimate of drug-likeness (QED) is 0.546. The SMILES string of the molecule is Cc1nc(-c2ccccc2Br)cc(C2CN3CCC2CC3CNC(=O)c2cccs2)n1. The minimum absolute atomic E-state index is 0.0405. The normalized spacial score (nSPS) is 24.8. The zero-order valence-electron chi connectivity index (χ0n) is 17.4. The summed E-state index contributed by atoms with van der Waals surface area (Å²) in [5.74, 6) is 1.87. The molecule has 0 spiro atoms. The first-order valence-electron chi connectivity index (χ1n) is 10.7. The molecule has 2 aromatic heterocycles. The zero-order valence-corrected chi connectivity index (χ0v) is 19.8. The zero-order chi connectivity index (χ0) is 21.4. The van der Waals surface area contributed by atoms with Gasteiger partial charge in [-0.15, -0.1) is 11.3 Å². The topological polar surface area (TPSA) is 58.1 Å². The fourth-order valence-electron chi connectivity index (χ4n) is 4.98. The Hall–Kier alpha value is -2.09. The van der Waals surface area contributed by atoms with Crippen molar-refractivity contribution in [3.63, 3.8) is 0 Å². The van der Waals surface area contributed by atoms with E-state index in [1.54, 1.807) is 0 Å². The maximum Gasteiger partial charge on any atom is 0.261 e. The predicted molar refractivity (Wildman–Crippen MR) is 127 cm³/mol. The highest BCUT2D eigenvalue weighted by atomic mass is 79.9. The molecule has 6 rings (SSSR count). The number of thiophene rings is 1. The number of rotatable bonds is 5. The Morgan fingerprint density at radius 1 is 1.26 bits per heavy atom. The maximum atomic E-state index is 12.3. The summed E-state index contributed by atoms with van der Waals surface area (Å²) in [6.45, 7) is 4.79. The molecule has 3 aromatic rings. The Morgan fingerprint density at radius 3 is 2.87 bits per heavy atom. The minimum atomic E-state index is 0.0405. The molecule has 5 heterocycles. The van der Waals surface area contributed by atoms with Crippen molar-refractivity contribution in [2.75, 3.05) is 19.6 Å². The largest absolute Gasteiger partial charge is 0.350 e. The lowest BCUT2D eigenvalue weighted by atomic mass is 9.74. The Kier molecular flexibility index (Phi) is 5.91. The van der Waals surface area contributed by atoms with E-state index in [1.807, 2.05) is 36.6 Å². The molecule has 5 nitrogen and oxygen atoms in total. The molecule has 3 aliphatic heterocycles. The number of nitrogens with zero attached hydrogens (tertiary/aromatic N) is 3. The lowest BCUT2D eigenvalue weighted by Crippen LogP contribution is -2.56. The van der Waals surface area contributed by atoms with E-state index in [2.05, 4.69) is 44.3 Å². The van der Waals surface area contributed by atoms with Gasteiger partial charge >= 0.3 is 0 Å². The smallest absolute Gasteiger partial charge is 0.261 e. The Balaban J connectivity index is 1.31. The van der Waals surface area contributed by atoms with Crippen LogP contribution >= 0.6 is 27.3 Å². The van der Waals surface area contributed by atoms with Crippen molar-refractivity contribution in [3.8, 4) is 11.3 Å². The molecule has 1 N–H and O–H groups in total. The van der Waals surface area contributed by atoms with Gasteiger partial charge in [0.05, 0.1) is 10.6 Å². The standard InChI is InChI=1S/C24H25BrN4OS/c1-15-27-21(18-5-2-3-6-20(18)25)12-22(28-15)19-14-29-9-8-16(19)11-17(29)13-26-24(30)23-7-4-10-31-23/h2-7,10,12,16-17,19H,8-9,11,13-14H2,1H3,(H,26,30). The number of hydrogen-bond acceptors (Lipinski definition) is 5. The Morgan fingerprint density at radius 2 is 2.13 bits per heavy atom. The van der Waals surface area contributed by atoms with Gasteiger partial charge in [0, 0.05) is 40.8 Å². The van der Waals surface area contributed by atoms with Gasteiger partial charge in [-0.05, 0) is 55.8 Å². The first-order valence-corrected chi connectivity index (χ1v) is 12.4. The monoisotopic (exact) mass is 496 g/mol. The molecule has 3 aliphatic rings. The molecule has 0 saturated carbocycles. The molecule has 2 bridgehead atoms. The second kappa shape index (κ2) is 8.81. The average Bonchev–Trinajstić information content (AvgIpc) is 3.33. The van der Waals surface area contributed by atoms with Crippen molar-refractivity contribution in [3.05, 3.63) is 68.7 Å². The highest BCUT2D eigenvalue weighted by molar-refractivity contribution is 9.10. The molecule has 3 fully saturated rings. The van der Waals surface area contributed by atoms with Crippen LogP contribution in [0.2, 0.25) is 0 Å². The van der Waals surface area contributed by atoms with Crippen molar-refractivity contribution in [1.82, 2.24) is 20.2 Å². The van der Waals surface area contributed by atoms with Gasteiger partial charge in [0.1, 0.15) is 5.82 Å². The first kappa shape index (κ1) is 20.8. The Bertz CT molecular complexity index is 1090. The van der Waals surface area contributed by atoms with E-state index in [0.717, 1.165) is 51.6 Å². The number of amides is 1. The van der Waals surface area contributed by atoms with E-state index in [4.69, 9.17) is 9.97 Å². The number of aryl methyl sites for hydroxylation is 1. The van der Waals surface area contributed by atoms with Crippen molar-refractivity contribution in [2.24, 2.45) is 5.92 Å². The Labute approximate surface area is 195 Å². The summed E-state index contributed by atoms with van der Waals surface area (Å²) >= 11 is 5.15. The number of hydrogen-bond donors (Lipinski definition) is 1. The number of nitrogens with one attached hydrogen (secondary N) is 1. The summed E-state index contributed by atoms with van der Waals surface area (Å²) in [4.78, 5) is 25.2. The van der Waals surface area contributed by atoms with Crippen LogP contribution in [-0.2, 0) is 0 Å². The third-order valence-electron chi connectivity index (χ3n) is 6.51. The molecule has 0 aliphatic carbocycles. The molecule has 0 radical (unpaired) electrons. The van der Waals surface area contributed by atoms with Gasteiger partial charge in [-0.3, -0.25) is 9.69 Å². The summed E-state index contributed by atoms with van der Waals surface area (Å²) in [7, 11) is 0. The summed E-state index contributed by atoms with van der Waals surface area (Å²) in [6, 6.07) is 14.6. The lowest BCUT2D eigenvalue weighted by Gasteiger charge is -2.49. The molecule has 4 atom stereocenters. The van der Waals surface area contributed by atoms with Crippen LogP contribution in [0.15, 0.2) is 52.3 Å². The van der Waals surface area contributed by atoms with Crippen LogP contribution in [0.4, 0.5) is 0 Å². The second-order valence-electron chi connectivity index (χ2n) is 8.43. The van der Waals surface area contributed by atoms with Gasteiger partial charge < -0.3 is 5.32 Å². The summed E-state index contributed by atoms with van der Waals surface area (Å²) in [5.41, 5.74) is 3.23. The second-order valence-corrected chi connectivity index (χ2v) is 10.2. The third-order valence-corrected chi connectivity index (χ3v) is 8.07. The van der Waals surface area contributed by atoms with Crippen LogP contribution in [0, 0.1) is 12.8 Å². The van der Waals surface area contributed by atoms with Gasteiger partial charge in [-0.25, -0.2) is 9.97 Å². The van der Waals surface area contributed by atoms with E-state index in [-0.39, 0.29) is 5.91 Å². The maximum absolute atomic E-state index is 12.3. The molecule has 160 valence electrons. The van der Waals surface area contributed by atoms with Gasteiger partial charge in [0.15, 0.2) is 0 Å². The number of benzene rings is 1. The van der Waals surface area contributed by atoms with Crippen molar-refractivity contribution >= 4 is 33.2 Å². The molecule has 3 saturated heterocycles. The van der Waals surface area contributed by atoms with Crippen LogP contribution < -0.4 is 5.32 Å². The summed E-state index contributed by atoms with van der Waals surface area (Å²) < 4.78 is 1.05. The van der Waals surface area contributed by atoms with Crippen LogP contribution in [0.5, 0.6) is 0 Å². The molecular formula is C24H25BrN4OS. The first-order chi connectivity index (χ1) is 15.1. The van der Waals surface area contributed by atoms with Crippen molar-refractivity contribution < 1.29 is 4.79 Å². The van der Waals surface area contributed by atoms with Gasteiger partial charge in [-0.2, -0.15) is 0 Å². The van der Waals surface area contributed by atoms with Gasteiger partial charge in [-0.1, -0.05) is 40.2 Å². The van der Waals surface area contributed by atoms with Gasteiger partial charge in [0.2, 0.25) is 0 Å². The average molecular weight is 497 g/mol. The fourth-order valence-corrected chi connectivity index (χ4v) is 6.11. The van der Waals surface area contributed by atoms with E-state index in [0.29, 0.717) is 24.4 Å². The highest BCUT2D eigenvalue weighted by Gasteiger charge is 2.41. The molecule has 4 unspecified atom stereocenters. The predicted octanol–water partition coefficient (Wildman–Crippen LogP) is 4.88. The van der Waals surface area contributed by atoms with Crippen LogP contribution in [0.3, 0.4) is 0 Å². The number of piperidine rings is 3. The van der Waals surface area contributed by atoms with E-state index >= 15 is 0 Å². The third kappa shape index (κ3) is 4.31. The molecule has 1 amide bonds. The molecular weight excluding hydrogens is 472 g/mol. The van der Waals surface area contributed by atoms with Crippen molar-refractivity contribution in [1.29, 1.82) is 0 Å². The molecule has 1 aromatic carbocycles. The summed E-state index contributed by atoms with van der Waals surface area (Å²) in [6.07, 6.45) is 2.29. The van der Waals surface area contributed by atoms with Crippen LogP contribution in [-0.4, -0.2) is 46.5 Å². The summed E-state index contributed by atoms with van der Waals surface area (Å²) in [5, 5.41) is 5.08. The van der Waals surface area contributed by atoms with Crippen molar-refractivity contribution in [2.45, 2.75) is 31.7 Å². The number of halogens is 1. The number of carbonyl (C=O) groups is 1. The number of carbonyl (C=O) groups excluding carboxylic acids is 1. The van der Waals surface area contributed by atoms with E-state index < -0.39 is 0 Å². The number of aromatic nitrogens is 2. The van der Waals surface area contributed by atoms with Crippen LogP contribution in [0.1, 0.15) is 39.9 Å². The van der Waals surface area contributed by atoms with E-state index in [1.165, 1.54) is 17.8 Å². The number of fused-ring (bicyclic) bond motifs is 3. The fraction of sp³-hybridized carbons (Fsp3) is 0.375. The van der Waals surface area contributed by atoms with Crippen LogP contribution in [0.25, 0.3) is 11.3 Å². The lowest BCUT2D eigenvalue weighted by molar-refractivity contribution is 0.0290. The molecule has 31 heavy (non-hydrogen) atoms. The minimum Gasteiger partial charge on any atom is -0.350 e. The highest BCUT2D eigenvalue weighted by Crippen LogP contribution is 2.42. The molecule has 7 heteroatoms. The van der Waals surface area contributed by atoms with E-state index in [9.17, 15) is 4.79 Å². The van der Waals surface area contributed by atoms with Gasteiger partial charge in [0.25, 0.3) is 5.91 Å².